The van der Waals surface area contributed by atoms with E-state index < -0.39 is 0 Å². The number of aromatic nitrogens is 1. The van der Waals surface area contributed by atoms with Gasteiger partial charge in [0.05, 0.1) is 6.10 Å². The van der Waals surface area contributed by atoms with Crippen LogP contribution in [0.3, 0.4) is 0 Å². The second-order valence-corrected chi connectivity index (χ2v) is 6.57. The van der Waals surface area contributed by atoms with Gasteiger partial charge < -0.3 is 19.7 Å². The van der Waals surface area contributed by atoms with Gasteiger partial charge in [-0.1, -0.05) is 0 Å². The number of nitrogens with one attached hydrogen (secondary N) is 1. The number of anilines is 1. The lowest BCUT2D eigenvalue weighted by atomic mass is 10.2. The van der Waals surface area contributed by atoms with Gasteiger partial charge in [0.1, 0.15) is 18.2 Å². The van der Waals surface area contributed by atoms with Crippen LogP contribution in [0.1, 0.15) is 28.8 Å². The van der Waals surface area contributed by atoms with Crippen molar-refractivity contribution >= 4 is 11.7 Å². The Balaban J connectivity index is 1.50. The number of hydrogen-bond donors (Lipinski definition) is 1. The van der Waals surface area contributed by atoms with Gasteiger partial charge in [0.2, 0.25) is 0 Å². The second-order valence-electron chi connectivity index (χ2n) is 6.57. The minimum atomic E-state index is -0.112. The molecular weight excluding hydrogens is 330 g/mol. The Labute approximate surface area is 154 Å². The number of rotatable bonds is 7. The summed E-state index contributed by atoms with van der Waals surface area (Å²) < 4.78 is 11.3. The van der Waals surface area contributed by atoms with Gasteiger partial charge in [0.25, 0.3) is 5.91 Å². The summed E-state index contributed by atoms with van der Waals surface area (Å²) in [7, 11) is 3.88. The predicted octanol–water partition coefficient (Wildman–Crippen LogP) is 2.64. The molecule has 1 atom stereocenters. The quantitative estimate of drug-likeness (QED) is 0.827. The second kappa shape index (κ2) is 8.67. The maximum absolute atomic E-state index is 12.3. The van der Waals surface area contributed by atoms with Gasteiger partial charge >= 0.3 is 0 Å². The predicted molar refractivity (Wildman–Crippen MR) is 101 cm³/mol. The largest absolute Gasteiger partial charge is 0.491 e. The summed E-state index contributed by atoms with van der Waals surface area (Å²) in [6.45, 7) is 1.84. The van der Waals surface area contributed by atoms with E-state index in [1.807, 2.05) is 43.3 Å². The highest BCUT2D eigenvalue weighted by Gasteiger charge is 2.16. The van der Waals surface area contributed by atoms with Gasteiger partial charge in [-0.05, 0) is 54.8 Å². The van der Waals surface area contributed by atoms with Crippen molar-refractivity contribution in [3.63, 3.8) is 0 Å². The molecular formula is C20H25N3O3. The summed E-state index contributed by atoms with van der Waals surface area (Å²) in [6.07, 6.45) is 4.08. The summed E-state index contributed by atoms with van der Waals surface area (Å²) in [6, 6.07) is 11.1. The van der Waals surface area contributed by atoms with Crippen LogP contribution in [0.15, 0.2) is 42.6 Å². The lowest BCUT2D eigenvalue weighted by Gasteiger charge is -2.13. The van der Waals surface area contributed by atoms with Crippen LogP contribution in [-0.2, 0) is 11.3 Å². The Morgan fingerprint density at radius 1 is 1.31 bits per heavy atom. The molecule has 0 bridgehead atoms. The first-order valence-electron chi connectivity index (χ1n) is 8.87. The molecule has 0 spiro atoms. The molecule has 1 fully saturated rings. The van der Waals surface area contributed by atoms with Gasteiger partial charge in [-0.15, -0.1) is 0 Å². The van der Waals surface area contributed by atoms with Crippen LogP contribution in [0.2, 0.25) is 0 Å². The summed E-state index contributed by atoms with van der Waals surface area (Å²) in [5, 5.41) is 2.93. The first kappa shape index (κ1) is 18.2. The standard InChI is InChI=1S/C20H25N3O3/c1-23(2)19-12-15(9-10-21-19)13-22-20(24)16-5-7-17(8-6-16)26-14-18-4-3-11-25-18/h5-10,12,18H,3-4,11,13-14H2,1-2H3,(H,22,24). The van der Waals surface area contributed by atoms with Crippen molar-refractivity contribution in [2.24, 2.45) is 0 Å². The molecule has 1 aromatic heterocycles. The van der Waals surface area contributed by atoms with E-state index in [0.29, 0.717) is 18.7 Å². The van der Waals surface area contributed by atoms with Crippen LogP contribution in [-0.4, -0.2) is 44.3 Å². The first-order chi connectivity index (χ1) is 12.6. The molecule has 1 unspecified atom stereocenters. The Morgan fingerprint density at radius 2 is 2.12 bits per heavy atom. The maximum Gasteiger partial charge on any atom is 0.251 e. The van der Waals surface area contributed by atoms with Crippen molar-refractivity contribution in [3.8, 4) is 5.75 Å². The Bertz CT molecular complexity index is 725. The molecule has 2 aromatic rings. The number of amides is 1. The van der Waals surface area contributed by atoms with E-state index in [1.165, 1.54) is 0 Å². The molecule has 3 rings (SSSR count). The molecule has 0 radical (unpaired) electrons. The van der Waals surface area contributed by atoms with Crippen molar-refractivity contribution in [1.82, 2.24) is 10.3 Å². The summed E-state index contributed by atoms with van der Waals surface area (Å²) >= 11 is 0. The SMILES string of the molecule is CN(C)c1cc(CNC(=O)c2ccc(OCC3CCCO3)cc2)ccn1. The van der Waals surface area contributed by atoms with Gasteiger partial charge in [0.15, 0.2) is 0 Å². The Kier molecular flexibility index (Phi) is 6.07. The molecule has 1 aromatic carbocycles. The van der Waals surface area contributed by atoms with E-state index in [-0.39, 0.29) is 12.0 Å². The molecule has 138 valence electrons. The fraction of sp³-hybridized carbons (Fsp3) is 0.400. The zero-order chi connectivity index (χ0) is 18.4. The third-order valence-corrected chi connectivity index (χ3v) is 4.30. The number of hydrogen-bond acceptors (Lipinski definition) is 5. The number of nitrogens with zero attached hydrogens (tertiary/aromatic N) is 2. The minimum absolute atomic E-state index is 0.112. The minimum Gasteiger partial charge on any atom is -0.491 e. The number of pyridine rings is 1. The maximum atomic E-state index is 12.3. The van der Waals surface area contributed by atoms with Gasteiger partial charge in [-0.2, -0.15) is 0 Å². The molecule has 0 aliphatic carbocycles. The lowest BCUT2D eigenvalue weighted by Crippen LogP contribution is -2.23. The van der Waals surface area contributed by atoms with Gasteiger partial charge in [0, 0.05) is 39.0 Å². The molecule has 1 aliphatic heterocycles. The highest BCUT2D eigenvalue weighted by Crippen LogP contribution is 2.17. The van der Waals surface area contributed by atoms with E-state index in [9.17, 15) is 4.79 Å². The molecule has 6 heteroatoms. The van der Waals surface area contributed by atoms with Crippen LogP contribution in [0.5, 0.6) is 5.75 Å². The lowest BCUT2D eigenvalue weighted by molar-refractivity contribution is 0.0679. The van der Waals surface area contributed by atoms with Crippen LogP contribution < -0.4 is 15.0 Å². The molecule has 2 heterocycles. The van der Waals surface area contributed by atoms with E-state index in [0.717, 1.165) is 36.6 Å². The average molecular weight is 355 g/mol. The highest BCUT2D eigenvalue weighted by atomic mass is 16.5. The van der Waals surface area contributed by atoms with Gasteiger partial charge in [-0.25, -0.2) is 4.98 Å². The molecule has 1 N–H and O–H groups in total. The normalized spacial score (nSPS) is 16.3. The smallest absolute Gasteiger partial charge is 0.251 e. The topological polar surface area (TPSA) is 63.7 Å². The molecule has 0 saturated carbocycles. The van der Waals surface area contributed by atoms with E-state index >= 15 is 0 Å². The van der Waals surface area contributed by atoms with Gasteiger partial charge in [-0.3, -0.25) is 4.79 Å². The zero-order valence-corrected chi connectivity index (χ0v) is 15.3. The number of ether oxygens (including phenoxy) is 2. The van der Waals surface area contributed by atoms with Crippen LogP contribution >= 0.6 is 0 Å². The van der Waals surface area contributed by atoms with Crippen LogP contribution in [0.4, 0.5) is 5.82 Å². The average Bonchev–Trinajstić information content (AvgIpc) is 3.19. The third-order valence-electron chi connectivity index (χ3n) is 4.30. The number of carbonyl (C=O) groups excluding carboxylic acids is 1. The van der Waals surface area contributed by atoms with E-state index in [4.69, 9.17) is 9.47 Å². The van der Waals surface area contributed by atoms with Crippen molar-refractivity contribution < 1.29 is 14.3 Å². The monoisotopic (exact) mass is 355 g/mol. The summed E-state index contributed by atoms with van der Waals surface area (Å²) in [5.41, 5.74) is 1.62. The molecule has 1 aliphatic rings. The van der Waals surface area contributed by atoms with Crippen molar-refractivity contribution in [2.45, 2.75) is 25.5 Å². The van der Waals surface area contributed by atoms with Crippen molar-refractivity contribution in [2.75, 3.05) is 32.2 Å². The Morgan fingerprint density at radius 3 is 2.81 bits per heavy atom. The zero-order valence-electron chi connectivity index (χ0n) is 15.3. The van der Waals surface area contributed by atoms with Crippen LogP contribution in [0.25, 0.3) is 0 Å². The van der Waals surface area contributed by atoms with Crippen LogP contribution in [0, 0.1) is 0 Å². The van der Waals surface area contributed by atoms with E-state index in [1.54, 1.807) is 18.3 Å². The molecule has 26 heavy (non-hydrogen) atoms. The van der Waals surface area contributed by atoms with E-state index in [2.05, 4.69) is 10.3 Å². The third kappa shape index (κ3) is 4.95. The highest BCUT2D eigenvalue weighted by molar-refractivity contribution is 5.94. The molecule has 1 saturated heterocycles. The summed E-state index contributed by atoms with van der Waals surface area (Å²) in [5.74, 6) is 1.50. The Hall–Kier alpha value is -2.60. The fourth-order valence-corrected chi connectivity index (χ4v) is 2.77. The number of carbonyl (C=O) groups is 1. The van der Waals surface area contributed by atoms with Crippen molar-refractivity contribution in [3.05, 3.63) is 53.7 Å². The first-order valence-corrected chi connectivity index (χ1v) is 8.87. The summed E-state index contributed by atoms with van der Waals surface area (Å²) in [4.78, 5) is 18.5. The fourth-order valence-electron chi connectivity index (χ4n) is 2.77. The van der Waals surface area contributed by atoms with Crippen molar-refractivity contribution in [1.29, 1.82) is 0 Å². The molecule has 1 amide bonds. The molecule has 6 nitrogen and oxygen atoms in total. The number of benzene rings is 1.